The molecule has 0 aliphatic rings. The Bertz CT molecular complexity index is 579. The van der Waals surface area contributed by atoms with Crippen LogP contribution in [0.15, 0.2) is 16.5 Å². The van der Waals surface area contributed by atoms with Gasteiger partial charge >= 0.3 is 0 Å². The maximum absolute atomic E-state index is 6.03. The predicted octanol–water partition coefficient (Wildman–Crippen LogP) is 2.58. The first kappa shape index (κ1) is 13.0. The van der Waals surface area contributed by atoms with Crippen LogP contribution in [0.3, 0.4) is 0 Å². The summed E-state index contributed by atoms with van der Waals surface area (Å²) in [6.07, 6.45) is 1.37. The summed E-state index contributed by atoms with van der Waals surface area (Å²) >= 11 is 7.31. The first-order valence-corrected chi connectivity index (χ1v) is 6.44. The van der Waals surface area contributed by atoms with Gasteiger partial charge in [0.1, 0.15) is 22.2 Å². The van der Waals surface area contributed by atoms with E-state index in [1.54, 1.807) is 0 Å². The SMILES string of the molecule is Cc1nc(Sc2ncnc(N)c2Cl)nc(C)c1C. The maximum atomic E-state index is 6.03. The Hall–Kier alpha value is -1.40. The lowest BCUT2D eigenvalue weighted by molar-refractivity contribution is 0.877. The minimum absolute atomic E-state index is 0.259. The summed E-state index contributed by atoms with van der Waals surface area (Å²) in [7, 11) is 0. The molecule has 2 heterocycles. The molecule has 0 fully saturated rings. The third-order valence-corrected chi connectivity index (χ3v) is 3.94. The van der Waals surface area contributed by atoms with Crippen molar-refractivity contribution in [2.45, 2.75) is 31.0 Å². The molecule has 2 aromatic rings. The molecule has 0 atom stereocenters. The molecule has 94 valence electrons. The van der Waals surface area contributed by atoms with Crippen LogP contribution < -0.4 is 5.73 Å². The first-order chi connectivity index (χ1) is 8.49. The molecule has 2 rings (SSSR count). The summed E-state index contributed by atoms with van der Waals surface area (Å²) < 4.78 is 0. The zero-order valence-electron chi connectivity index (χ0n) is 10.2. The summed E-state index contributed by atoms with van der Waals surface area (Å²) in [5, 5.41) is 1.50. The van der Waals surface area contributed by atoms with E-state index in [1.807, 2.05) is 20.8 Å². The Balaban J connectivity index is 2.37. The van der Waals surface area contributed by atoms with Crippen LogP contribution in [-0.4, -0.2) is 19.9 Å². The van der Waals surface area contributed by atoms with Crippen molar-refractivity contribution < 1.29 is 0 Å². The standard InChI is InChI=1S/C11H12ClN5S/c1-5-6(2)16-11(17-7(5)3)18-10-8(12)9(13)14-4-15-10/h4H,1-3H3,(H2,13,14,15). The largest absolute Gasteiger partial charge is 0.382 e. The van der Waals surface area contributed by atoms with Crippen LogP contribution in [-0.2, 0) is 0 Å². The smallest absolute Gasteiger partial charge is 0.194 e. The highest BCUT2D eigenvalue weighted by Gasteiger charge is 2.12. The number of anilines is 1. The Kier molecular flexibility index (Phi) is 3.68. The van der Waals surface area contributed by atoms with Crippen LogP contribution in [0.5, 0.6) is 0 Å². The number of aromatic nitrogens is 4. The molecule has 0 spiro atoms. The lowest BCUT2D eigenvalue weighted by Gasteiger charge is -2.07. The number of nitrogens with zero attached hydrogens (tertiary/aromatic N) is 4. The third-order valence-electron chi connectivity index (χ3n) is 2.58. The van der Waals surface area contributed by atoms with E-state index in [2.05, 4.69) is 19.9 Å². The van der Waals surface area contributed by atoms with Crippen molar-refractivity contribution in [1.82, 2.24) is 19.9 Å². The van der Waals surface area contributed by atoms with Crippen molar-refractivity contribution in [2.75, 3.05) is 5.73 Å². The number of nitrogens with two attached hydrogens (primary N) is 1. The van der Waals surface area contributed by atoms with Gasteiger partial charge in [0.25, 0.3) is 0 Å². The fourth-order valence-corrected chi connectivity index (χ4v) is 2.36. The lowest BCUT2D eigenvalue weighted by atomic mass is 10.2. The quantitative estimate of drug-likeness (QED) is 0.673. The van der Waals surface area contributed by atoms with E-state index in [0.717, 1.165) is 17.0 Å². The fourth-order valence-electron chi connectivity index (χ4n) is 1.31. The summed E-state index contributed by atoms with van der Waals surface area (Å²) in [4.78, 5) is 16.7. The Morgan fingerprint density at radius 1 is 1.11 bits per heavy atom. The van der Waals surface area contributed by atoms with Gasteiger partial charge in [0.2, 0.25) is 0 Å². The number of rotatable bonds is 2. The summed E-state index contributed by atoms with van der Waals surface area (Å²) in [5.74, 6) is 0.259. The van der Waals surface area contributed by atoms with Crippen molar-refractivity contribution in [3.05, 3.63) is 28.3 Å². The van der Waals surface area contributed by atoms with E-state index < -0.39 is 0 Å². The first-order valence-electron chi connectivity index (χ1n) is 5.24. The highest BCUT2D eigenvalue weighted by Crippen LogP contribution is 2.32. The van der Waals surface area contributed by atoms with Crippen LogP contribution in [0.2, 0.25) is 5.02 Å². The van der Waals surface area contributed by atoms with Crippen LogP contribution >= 0.6 is 23.4 Å². The molecule has 0 saturated carbocycles. The van der Waals surface area contributed by atoms with Crippen molar-refractivity contribution in [3.63, 3.8) is 0 Å². The number of hydrogen-bond donors (Lipinski definition) is 1. The second-order valence-electron chi connectivity index (χ2n) is 3.78. The van der Waals surface area contributed by atoms with Gasteiger partial charge in [0.15, 0.2) is 5.16 Å². The molecule has 2 aromatic heterocycles. The normalized spacial score (nSPS) is 10.7. The predicted molar refractivity (Wildman–Crippen MR) is 71.8 cm³/mol. The van der Waals surface area contributed by atoms with Gasteiger partial charge in [-0.15, -0.1) is 0 Å². The van der Waals surface area contributed by atoms with Crippen LogP contribution in [0, 0.1) is 20.8 Å². The molecule has 0 saturated heterocycles. The molecule has 0 unspecified atom stereocenters. The number of nitrogen functional groups attached to an aromatic ring is 1. The number of hydrogen-bond acceptors (Lipinski definition) is 6. The molecule has 2 N–H and O–H groups in total. The minimum atomic E-state index is 0.259. The second-order valence-corrected chi connectivity index (χ2v) is 5.12. The minimum Gasteiger partial charge on any atom is -0.382 e. The van der Waals surface area contributed by atoms with Crippen LogP contribution in [0.4, 0.5) is 5.82 Å². The highest BCUT2D eigenvalue weighted by atomic mass is 35.5. The van der Waals surface area contributed by atoms with Crippen LogP contribution in [0.1, 0.15) is 17.0 Å². The summed E-state index contributed by atoms with van der Waals surface area (Å²) in [6, 6.07) is 0. The van der Waals surface area contributed by atoms with Gasteiger partial charge in [0, 0.05) is 11.4 Å². The maximum Gasteiger partial charge on any atom is 0.194 e. The molecule has 0 aromatic carbocycles. The molecule has 0 radical (unpaired) electrons. The topological polar surface area (TPSA) is 77.6 Å². The zero-order chi connectivity index (χ0) is 13.3. The molecule has 7 heteroatoms. The van der Waals surface area contributed by atoms with Gasteiger partial charge in [-0.2, -0.15) is 0 Å². The van der Waals surface area contributed by atoms with Crippen LogP contribution in [0.25, 0.3) is 0 Å². The van der Waals surface area contributed by atoms with E-state index in [0.29, 0.717) is 15.2 Å². The second kappa shape index (κ2) is 5.07. The van der Waals surface area contributed by atoms with Crippen molar-refractivity contribution >= 4 is 29.2 Å². The summed E-state index contributed by atoms with van der Waals surface area (Å²) in [5.41, 5.74) is 8.61. The molecule has 0 aliphatic heterocycles. The Morgan fingerprint density at radius 3 is 2.33 bits per heavy atom. The molecule has 0 amide bonds. The van der Waals surface area contributed by atoms with Gasteiger partial charge in [-0.3, -0.25) is 0 Å². The molecular formula is C11H12ClN5S. The third kappa shape index (κ3) is 2.54. The Labute approximate surface area is 114 Å². The monoisotopic (exact) mass is 281 g/mol. The van der Waals surface area contributed by atoms with Gasteiger partial charge in [-0.1, -0.05) is 11.6 Å². The van der Waals surface area contributed by atoms with E-state index in [4.69, 9.17) is 17.3 Å². The molecular weight excluding hydrogens is 270 g/mol. The van der Waals surface area contributed by atoms with Gasteiger partial charge in [-0.05, 0) is 38.1 Å². The van der Waals surface area contributed by atoms with Crippen molar-refractivity contribution in [1.29, 1.82) is 0 Å². The molecule has 5 nitrogen and oxygen atoms in total. The number of aryl methyl sites for hydroxylation is 2. The van der Waals surface area contributed by atoms with Crippen molar-refractivity contribution in [2.24, 2.45) is 0 Å². The van der Waals surface area contributed by atoms with E-state index in [-0.39, 0.29) is 5.82 Å². The van der Waals surface area contributed by atoms with E-state index >= 15 is 0 Å². The Morgan fingerprint density at radius 2 is 1.72 bits per heavy atom. The van der Waals surface area contributed by atoms with Gasteiger partial charge in [-0.25, -0.2) is 19.9 Å². The molecule has 0 bridgehead atoms. The van der Waals surface area contributed by atoms with E-state index in [9.17, 15) is 0 Å². The number of halogens is 1. The lowest BCUT2D eigenvalue weighted by Crippen LogP contribution is -1.99. The fraction of sp³-hybridized carbons (Fsp3) is 0.273. The van der Waals surface area contributed by atoms with Gasteiger partial charge < -0.3 is 5.73 Å². The molecule has 18 heavy (non-hydrogen) atoms. The summed E-state index contributed by atoms with van der Waals surface area (Å²) in [6.45, 7) is 5.89. The molecule has 0 aliphatic carbocycles. The zero-order valence-corrected chi connectivity index (χ0v) is 11.8. The highest BCUT2D eigenvalue weighted by molar-refractivity contribution is 7.99. The van der Waals surface area contributed by atoms with Crippen molar-refractivity contribution in [3.8, 4) is 0 Å². The van der Waals surface area contributed by atoms with E-state index in [1.165, 1.54) is 18.1 Å². The van der Waals surface area contributed by atoms with Gasteiger partial charge in [0.05, 0.1) is 0 Å². The average molecular weight is 282 g/mol. The average Bonchev–Trinajstić information content (AvgIpc) is 2.32.